The minimum absolute atomic E-state index is 0.0789. The van der Waals surface area contributed by atoms with Gasteiger partial charge in [-0.1, -0.05) is 115 Å². The average Bonchev–Trinajstić information content (AvgIpc) is 3.14. The summed E-state index contributed by atoms with van der Waals surface area (Å²) in [7, 11) is 1.35. The Morgan fingerprint density at radius 3 is 1.96 bits per heavy atom. The summed E-state index contributed by atoms with van der Waals surface area (Å²) in [5, 5.41) is 3.25. The van der Waals surface area contributed by atoms with Crippen molar-refractivity contribution >= 4 is 23.3 Å². The lowest BCUT2D eigenvalue weighted by Crippen LogP contribution is -2.33. The number of para-hydroxylation sites is 1. The second-order valence-electron chi connectivity index (χ2n) is 11.5. The van der Waals surface area contributed by atoms with Gasteiger partial charge in [0.2, 0.25) is 5.91 Å². The van der Waals surface area contributed by atoms with E-state index in [2.05, 4.69) is 5.32 Å². The third-order valence-corrected chi connectivity index (χ3v) is 7.99. The molecule has 1 amide bonds. The van der Waals surface area contributed by atoms with E-state index in [4.69, 9.17) is 9.47 Å². The number of amides is 1. The van der Waals surface area contributed by atoms with Crippen LogP contribution in [0.1, 0.15) is 39.0 Å². The van der Waals surface area contributed by atoms with Crippen LogP contribution >= 0.6 is 0 Å². The molecule has 1 atom stereocenters. The monoisotopic (exact) mass is 640 g/mol. The lowest BCUT2D eigenvalue weighted by Gasteiger charge is -2.23. The first-order chi connectivity index (χ1) is 23.5. The normalized spacial score (nSPS) is 11.3. The van der Waals surface area contributed by atoms with Gasteiger partial charge in [0.15, 0.2) is 5.78 Å². The first-order valence-electron chi connectivity index (χ1n) is 16.1. The van der Waals surface area contributed by atoms with Crippen molar-refractivity contribution in [3.8, 4) is 5.75 Å². The van der Waals surface area contributed by atoms with Crippen LogP contribution in [0.5, 0.6) is 5.75 Å². The maximum Gasteiger partial charge on any atom is 0.328 e. The lowest BCUT2D eigenvalue weighted by atomic mass is 10.00. The number of carbonyl (C=O) groups excluding carboxylic acids is 3. The van der Waals surface area contributed by atoms with E-state index in [9.17, 15) is 14.4 Å². The summed E-state index contributed by atoms with van der Waals surface area (Å²) in [6, 6.07) is 42.9. The maximum absolute atomic E-state index is 13.2. The fourth-order valence-corrected chi connectivity index (χ4v) is 5.46. The van der Waals surface area contributed by atoms with E-state index in [-0.39, 0.29) is 11.7 Å². The predicted octanol–water partition coefficient (Wildman–Crippen LogP) is 7.15. The Morgan fingerprint density at radius 1 is 0.688 bits per heavy atom. The number of esters is 1. The highest BCUT2D eigenvalue weighted by Crippen LogP contribution is 2.22. The second kappa shape index (κ2) is 17.3. The van der Waals surface area contributed by atoms with Crippen LogP contribution in [0.4, 0.5) is 5.69 Å². The van der Waals surface area contributed by atoms with E-state index in [0.717, 1.165) is 16.7 Å². The molecule has 0 spiro atoms. The Labute approximate surface area is 282 Å². The Hall–Kier alpha value is -5.69. The number of nitrogens with zero attached hydrogens (tertiary/aromatic N) is 1. The van der Waals surface area contributed by atoms with Gasteiger partial charge in [-0.15, -0.1) is 0 Å². The summed E-state index contributed by atoms with van der Waals surface area (Å²) in [5.41, 5.74) is 4.58. The molecule has 0 saturated carbocycles. The molecule has 0 aliphatic heterocycles. The number of methoxy groups -OCH3 is 1. The highest BCUT2D eigenvalue weighted by molar-refractivity contribution is 6.12. The molecule has 0 aromatic heterocycles. The van der Waals surface area contributed by atoms with Crippen LogP contribution in [0.3, 0.4) is 0 Å². The smallest absolute Gasteiger partial charge is 0.328 e. The molecule has 5 rings (SSSR count). The van der Waals surface area contributed by atoms with Gasteiger partial charge in [-0.3, -0.25) is 9.59 Å². The van der Waals surface area contributed by atoms with Crippen LogP contribution in [-0.2, 0) is 33.7 Å². The van der Waals surface area contributed by atoms with Crippen LogP contribution < -0.4 is 10.1 Å². The van der Waals surface area contributed by atoms with Crippen molar-refractivity contribution in [3.63, 3.8) is 0 Å². The summed E-state index contributed by atoms with van der Waals surface area (Å²) in [6.07, 6.45) is 1.37. The first-order valence-corrected chi connectivity index (χ1v) is 16.1. The molecule has 0 radical (unpaired) electrons. The topological polar surface area (TPSA) is 84.9 Å². The van der Waals surface area contributed by atoms with Gasteiger partial charge in [0, 0.05) is 36.3 Å². The molecule has 5 aromatic carbocycles. The van der Waals surface area contributed by atoms with Gasteiger partial charge in [0.25, 0.3) is 0 Å². The zero-order valence-electron chi connectivity index (χ0n) is 27.1. The predicted molar refractivity (Wildman–Crippen MR) is 188 cm³/mol. The number of hydrogen-bond donors (Lipinski definition) is 1. The second-order valence-corrected chi connectivity index (χ2v) is 11.5. The Bertz CT molecular complexity index is 1760. The molecule has 7 heteroatoms. The van der Waals surface area contributed by atoms with Gasteiger partial charge in [0.1, 0.15) is 11.8 Å². The summed E-state index contributed by atoms with van der Waals surface area (Å²) in [6.45, 7) is 1.56. The minimum Gasteiger partial charge on any atom is -0.494 e. The van der Waals surface area contributed by atoms with Crippen LogP contribution in [0.15, 0.2) is 140 Å². The quantitative estimate of drug-likeness (QED) is 0.0701. The van der Waals surface area contributed by atoms with E-state index in [1.807, 2.05) is 114 Å². The molecule has 244 valence electrons. The van der Waals surface area contributed by atoms with Crippen LogP contribution in [0.25, 0.3) is 0 Å². The van der Waals surface area contributed by atoms with Crippen molar-refractivity contribution in [2.75, 3.05) is 25.6 Å². The SMILES string of the molecule is COC(=O)[C@H](Cc1ccc(OCCCN(Cc2ccccc2)C(=O)Cc2ccccc2)cc1)Nc1ccccc1C(=O)c1ccccc1. The third-order valence-electron chi connectivity index (χ3n) is 7.99. The number of rotatable bonds is 16. The number of nitrogens with one attached hydrogen (secondary N) is 1. The number of ether oxygens (including phenoxy) is 2. The van der Waals surface area contributed by atoms with E-state index in [0.29, 0.717) is 61.5 Å². The third kappa shape index (κ3) is 9.66. The fourth-order valence-electron chi connectivity index (χ4n) is 5.46. The van der Waals surface area contributed by atoms with Crippen molar-refractivity contribution in [2.45, 2.75) is 31.8 Å². The molecule has 0 unspecified atom stereocenters. The lowest BCUT2D eigenvalue weighted by molar-refractivity contribution is -0.141. The average molecular weight is 641 g/mol. The molecule has 5 aromatic rings. The van der Waals surface area contributed by atoms with Crippen LogP contribution in [0.2, 0.25) is 0 Å². The Balaban J connectivity index is 1.17. The molecular weight excluding hydrogens is 600 g/mol. The number of anilines is 1. The van der Waals surface area contributed by atoms with Gasteiger partial charge in [-0.2, -0.15) is 0 Å². The highest BCUT2D eigenvalue weighted by atomic mass is 16.5. The summed E-state index contributed by atoms with van der Waals surface area (Å²) >= 11 is 0. The number of ketones is 1. The summed E-state index contributed by atoms with van der Waals surface area (Å²) in [5.74, 6) is 0.215. The highest BCUT2D eigenvalue weighted by Gasteiger charge is 2.23. The van der Waals surface area contributed by atoms with Crippen molar-refractivity contribution < 1.29 is 23.9 Å². The first kappa shape index (κ1) is 33.7. The maximum atomic E-state index is 13.2. The molecule has 0 aliphatic carbocycles. The van der Waals surface area contributed by atoms with Crippen molar-refractivity contribution in [2.24, 2.45) is 0 Å². The number of benzene rings is 5. The number of carbonyl (C=O) groups is 3. The zero-order chi connectivity index (χ0) is 33.6. The van der Waals surface area contributed by atoms with Gasteiger partial charge in [-0.05, 0) is 47.4 Å². The van der Waals surface area contributed by atoms with Crippen LogP contribution in [0, 0.1) is 0 Å². The summed E-state index contributed by atoms with van der Waals surface area (Å²) in [4.78, 5) is 41.2. The molecule has 0 saturated heterocycles. The van der Waals surface area contributed by atoms with Gasteiger partial charge >= 0.3 is 5.97 Å². The minimum atomic E-state index is -0.712. The van der Waals surface area contributed by atoms with Crippen molar-refractivity contribution in [3.05, 3.63) is 167 Å². The molecule has 1 N–H and O–H groups in total. The van der Waals surface area contributed by atoms with Gasteiger partial charge in [0.05, 0.1) is 20.1 Å². The van der Waals surface area contributed by atoms with E-state index < -0.39 is 12.0 Å². The zero-order valence-corrected chi connectivity index (χ0v) is 27.1. The standard InChI is InChI=1S/C41H40N2O5/c1-47-41(46)38(42-37-21-12-11-20-36(37)40(45)34-18-9-4-10-19-34)28-32-22-24-35(25-23-32)48-27-13-26-43(30-33-16-7-3-8-17-33)39(44)29-31-14-5-2-6-15-31/h2-12,14-25,38,42H,13,26-30H2,1H3/t38-/m0/s1. The Kier molecular flexibility index (Phi) is 12.1. The molecule has 48 heavy (non-hydrogen) atoms. The van der Waals surface area contributed by atoms with Crippen LogP contribution in [-0.4, -0.2) is 48.9 Å². The molecule has 0 bridgehead atoms. The van der Waals surface area contributed by atoms with Gasteiger partial charge in [-0.25, -0.2) is 4.79 Å². The molecule has 0 aliphatic rings. The van der Waals surface area contributed by atoms with Gasteiger partial charge < -0.3 is 19.7 Å². The summed E-state index contributed by atoms with van der Waals surface area (Å²) < 4.78 is 11.1. The molecule has 7 nitrogen and oxygen atoms in total. The molecule has 0 heterocycles. The molecule has 0 fully saturated rings. The van der Waals surface area contributed by atoms with Crippen molar-refractivity contribution in [1.82, 2.24) is 4.90 Å². The molecular formula is C41H40N2O5. The van der Waals surface area contributed by atoms with E-state index in [1.165, 1.54) is 7.11 Å². The number of hydrogen-bond acceptors (Lipinski definition) is 6. The fraction of sp³-hybridized carbons (Fsp3) is 0.195. The van der Waals surface area contributed by atoms with E-state index in [1.54, 1.807) is 30.3 Å². The van der Waals surface area contributed by atoms with Crippen molar-refractivity contribution in [1.29, 1.82) is 0 Å². The Morgan fingerprint density at radius 2 is 1.29 bits per heavy atom. The van der Waals surface area contributed by atoms with E-state index >= 15 is 0 Å². The largest absolute Gasteiger partial charge is 0.494 e.